The van der Waals surface area contributed by atoms with E-state index in [4.69, 9.17) is 12.2 Å². The van der Waals surface area contributed by atoms with Crippen molar-refractivity contribution in [3.63, 3.8) is 0 Å². The van der Waals surface area contributed by atoms with Crippen molar-refractivity contribution >= 4 is 33.8 Å². The number of pyridine rings is 1. The molecule has 21 heavy (non-hydrogen) atoms. The molecule has 2 aromatic rings. The van der Waals surface area contributed by atoms with E-state index in [0.717, 1.165) is 33.4 Å². The lowest BCUT2D eigenvalue weighted by Crippen LogP contribution is -2.40. The van der Waals surface area contributed by atoms with Crippen molar-refractivity contribution in [3.05, 3.63) is 36.7 Å². The van der Waals surface area contributed by atoms with Crippen LogP contribution in [0.25, 0.3) is 10.8 Å². The molecule has 2 fully saturated rings. The third-order valence-corrected chi connectivity index (χ3v) is 5.20. The number of rotatable bonds is 2. The fourth-order valence-corrected chi connectivity index (χ4v) is 4.24. The minimum Gasteiger partial charge on any atom is -0.359 e. The summed E-state index contributed by atoms with van der Waals surface area (Å²) in [7, 11) is 0. The van der Waals surface area contributed by atoms with Gasteiger partial charge in [-0.05, 0) is 55.4 Å². The summed E-state index contributed by atoms with van der Waals surface area (Å²) in [6.45, 7) is 0. The molecule has 4 rings (SSSR count). The number of benzene rings is 1. The molecule has 0 amide bonds. The molecule has 0 unspecified atom stereocenters. The zero-order chi connectivity index (χ0) is 14.2. The fraction of sp³-hybridized carbons (Fsp3) is 0.412. The van der Waals surface area contributed by atoms with Crippen LogP contribution in [0.2, 0.25) is 0 Å². The van der Waals surface area contributed by atoms with Crippen LogP contribution in [0, 0.1) is 11.8 Å². The average molecular weight is 297 g/mol. The normalized spacial score (nSPS) is 27.0. The van der Waals surface area contributed by atoms with Gasteiger partial charge in [-0.1, -0.05) is 18.6 Å². The second-order valence-corrected chi connectivity index (χ2v) is 6.69. The molecule has 1 heterocycles. The van der Waals surface area contributed by atoms with Gasteiger partial charge >= 0.3 is 0 Å². The van der Waals surface area contributed by atoms with Crippen LogP contribution < -0.4 is 10.6 Å². The van der Waals surface area contributed by atoms with Gasteiger partial charge in [0.1, 0.15) is 0 Å². The third-order valence-electron chi connectivity index (χ3n) is 4.98. The summed E-state index contributed by atoms with van der Waals surface area (Å²) >= 11 is 5.51. The molecule has 0 saturated heterocycles. The van der Waals surface area contributed by atoms with Gasteiger partial charge in [0.05, 0.1) is 0 Å². The molecule has 2 aliphatic carbocycles. The van der Waals surface area contributed by atoms with Crippen molar-refractivity contribution in [1.82, 2.24) is 10.3 Å². The molecule has 0 radical (unpaired) electrons. The largest absolute Gasteiger partial charge is 0.359 e. The summed E-state index contributed by atoms with van der Waals surface area (Å²) in [6.07, 6.45) is 9.16. The van der Waals surface area contributed by atoms with Crippen LogP contribution in [0.5, 0.6) is 0 Å². The number of nitrogens with zero attached hydrogens (tertiary/aromatic N) is 1. The Labute approximate surface area is 130 Å². The zero-order valence-corrected chi connectivity index (χ0v) is 12.7. The highest BCUT2D eigenvalue weighted by molar-refractivity contribution is 7.80. The number of hydrogen-bond acceptors (Lipinski definition) is 2. The molecule has 0 aliphatic heterocycles. The highest BCUT2D eigenvalue weighted by Crippen LogP contribution is 2.44. The van der Waals surface area contributed by atoms with Gasteiger partial charge < -0.3 is 10.6 Å². The Morgan fingerprint density at radius 2 is 2.14 bits per heavy atom. The molecule has 2 N–H and O–H groups in total. The van der Waals surface area contributed by atoms with E-state index in [0.29, 0.717) is 6.04 Å². The summed E-state index contributed by atoms with van der Waals surface area (Å²) in [5.74, 6) is 1.75. The molecule has 1 aromatic carbocycles. The van der Waals surface area contributed by atoms with E-state index in [1.165, 1.54) is 25.7 Å². The van der Waals surface area contributed by atoms with E-state index in [1.807, 2.05) is 24.5 Å². The maximum absolute atomic E-state index is 5.51. The van der Waals surface area contributed by atoms with Crippen molar-refractivity contribution in [2.45, 2.75) is 31.7 Å². The average Bonchev–Trinajstić information content (AvgIpc) is 3.10. The van der Waals surface area contributed by atoms with Crippen molar-refractivity contribution in [2.24, 2.45) is 11.8 Å². The number of anilines is 1. The lowest BCUT2D eigenvalue weighted by atomic mass is 9.95. The van der Waals surface area contributed by atoms with Crippen molar-refractivity contribution < 1.29 is 0 Å². The van der Waals surface area contributed by atoms with E-state index < -0.39 is 0 Å². The summed E-state index contributed by atoms with van der Waals surface area (Å²) in [6, 6.07) is 8.77. The molecule has 3 atom stereocenters. The fourth-order valence-electron chi connectivity index (χ4n) is 3.98. The zero-order valence-electron chi connectivity index (χ0n) is 11.9. The molecule has 2 bridgehead atoms. The maximum atomic E-state index is 5.51. The Kier molecular flexibility index (Phi) is 3.26. The van der Waals surface area contributed by atoms with Crippen LogP contribution in [-0.2, 0) is 0 Å². The standard InChI is InChI=1S/C17H19N3S/c21-17(20-16-9-11-4-5-12(16)8-11)19-15-3-1-2-13-10-18-7-6-14(13)15/h1-3,6-7,10-12,16H,4-5,8-9H2,(H2,19,20,21)/t11-,12-,16+/m0/s1. The van der Waals surface area contributed by atoms with E-state index in [-0.39, 0.29) is 0 Å². The van der Waals surface area contributed by atoms with Crippen LogP contribution in [0.3, 0.4) is 0 Å². The first kappa shape index (κ1) is 13.0. The van der Waals surface area contributed by atoms with Gasteiger partial charge in [-0.2, -0.15) is 0 Å². The predicted molar refractivity (Wildman–Crippen MR) is 90.3 cm³/mol. The molecule has 3 nitrogen and oxygen atoms in total. The topological polar surface area (TPSA) is 37.0 Å². The van der Waals surface area contributed by atoms with Crippen molar-refractivity contribution in [2.75, 3.05) is 5.32 Å². The number of hydrogen-bond donors (Lipinski definition) is 2. The molecule has 2 aliphatic rings. The molecular formula is C17H19N3S. The minimum atomic E-state index is 0.570. The van der Waals surface area contributed by atoms with E-state index in [9.17, 15) is 0 Å². The minimum absolute atomic E-state index is 0.570. The van der Waals surface area contributed by atoms with Gasteiger partial charge in [0.2, 0.25) is 0 Å². The molecule has 108 valence electrons. The third kappa shape index (κ3) is 2.48. The van der Waals surface area contributed by atoms with E-state index in [2.05, 4.69) is 27.8 Å². The Balaban J connectivity index is 1.48. The summed E-state index contributed by atoms with van der Waals surface area (Å²) in [5, 5.41) is 9.93. The van der Waals surface area contributed by atoms with Gasteiger partial charge in [-0.3, -0.25) is 4.98 Å². The summed E-state index contributed by atoms with van der Waals surface area (Å²) in [4.78, 5) is 4.17. The number of fused-ring (bicyclic) bond motifs is 3. The smallest absolute Gasteiger partial charge is 0.171 e. The highest BCUT2D eigenvalue weighted by Gasteiger charge is 2.39. The summed E-state index contributed by atoms with van der Waals surface area (Å²) < 4.78 is 0. The van der Waals surface area contributed by atoms with Crippen LogP contribution in [0.1, 0.15) is 25.7 Å². The van der Waals surface area contributed by atoms with Gasteiger partial charge in [0, 0.05) is 34.9 Å². The quantitative estimate of drug-likeness (QED) is 0.829. The first-order valence-electron chi connectivity index (χ1n) is 7.70. The Morgan fingerprint density at radius 3 is 2.95 bits per heavy atom. The Morgan fingerprint density at radius 1 is 1.19 bits per heavy atom. The number of nitrogens with one attached hydrogen (secondary N) is 2. The van der Waals surface area contributed by atoms with Gasteiger partial charge in [0.25, 0.3) is 0 Å². The van der Waals surface area contributed by atoms with Crippen molar-refractivity contribution in [3.8, 4) is 0 Å². The molecule has 2 saturated carbocycles. The van der Waals surface area contributed by atoms with Gasteiger partial charge in [0.15, 0.2) is 5.11 Å². The summed E-state index contributed by atoms with van der Waals surface area (Å²) in [5.41, 5.74) is 1.05. The molecular weight excluding hydrogens is 278 g/mol. The first-order valence-corrected chi connectivity index (χ1v) is 8.10. The molecule has 1 aromatic heterocycles. The lowest BCUT2D eigenvalue weighted by Gasteiger charge is -2.24. The second-order valence-electron chi connectivity index (χ2n) is 6.28. The van der Waals surface area contributed by atoms with E-state index in [1.54, 1.807) is 0 Å². The Bertz CT molecular complexity index is 679. The highest BCUT2D eigenvalue weighted by atomic mass is 32.1. The first-order chi connectivity index (χ1) is 10.3. The molecule has 4 heteroatoms. The predicted octanol–water partition coefficient (Wildman–Crippen LogP) is 3.71. The van der Waals surface area contributed by atoms with Crippen molar-refractivity contribution in [1.29, 1.82) is 0 Å². The monoisotopic (exact) mass is 297 g/mol. The Hall–Kier alpha value is -1.68. The number of thiocarbonyl (C=S) groups is 1. The maximum Gasteiger partial charge on any atom is 0.171 e. The van der Waals surface area contributed by atoms with Crippen LogP contribution in [-0.4, -0.2) is 16.1 Å². The van der Waals surface area contributed by atoms with Gasteiger partial charge in [-0.15, -0.1) is 0 Å². The van der Waals surface area contributed by atoms with Gasteiger partial charge in [-0.25, -0.2) is 0 Å². The van der Waals surface area contributed by atoms with Crippen LogP contribution >= 0.6 is 12.2 Å². The number of aromatic nitrogens is 1. The van der Waals surface area contributed by atoms with Crippen LogP contribution in [0.4, 0.5) is 5.69 Å². The second kappa shape index (κ2) is 5.26. The molecule has 0 spiro atoms. The SMILES string of the molecule is S=C(Nc1cccc2cnccc12)N[C@@H]1C[C@H]2CC[C@H]1C2. The van der Waals surface area contributed by atoms with Crippen LogP contribution in [0.15, 0.2) is 36.7 Å². The van der Waals surface area contributed by atoms with E-state index >= 15 is 0 Å². The lowest BCUT2D eigenvalue weighted by molar-refractivity contribution is 0.392.